The number of hydrogen-bond donors (Lipinski definition) is 2. The normalized spacial score (nSPS) is 15.3. The molecule has 176 valence electrons. The lowest BCUT2D eigenvalue weighted by Crippen LogP contribution is -2.30. The second-order valence-corrected chi connectivity index (χ2v) is 10.9. The van der Waals surface area contributed by atoms with Gasteiger partial charge in [0.25, 0.3) is 0 Å². The van der Waals surface area contributed by atoms with Gasteiger partial charge in [0.2, 0.25) is 0 Å². The van der Waals surface area contributed by atoms with E-state index in [2.05, 4.69) is 16.8 Å². The van der Waals surface area contributed by atoms with Crippen molar-refractivity contribution in [3.8, 4) is 28.7 Å². The molecule has 6 nitrogen and oxygen atoms in total. The highest BCUT2D eigenvalue weighted by Crippen LogP contribution is 2.30. The molecule has 0 aliphatic carbocycles. The van der Waals surface area contributed by atoms with E-state index in [4.69, 9.17) is 4.74 Å². The topological polar surface area (TPSA) is 96.5 Å². The zero-order valence-corrected chi connectivity index (χ0v) is 19.6. The van der Waals surface area contributed by atoms with Gasteiger partial charge in [-0.1, -0.05) is 24.0 Å². The zero-order chi connectivity index (χ0) is 24.4. The first kappa shape index (κ1) is 22.8. The lowest BCUT2D eigenvalue weighted by atomic mass is 9.93. The van der Waals surface area contributed by atoms with Gasteiger partial charge in [0.1, 0.15) is 11.9 Å². The van der Waals surface area contributed by atoms with Crippen LogP contribution in [-0.2, 0) is 9.84 Å². The Morgan fingerprint density at radius 1 is 0.971 bits per heavy atom. The molecule has 4 aromatic rings. The van der Waals surface area contributed by atoms with Gasteiger partial charge in [0.05, 0.1) is 17.1 Å². The van der Waals surface area contributed by atoms with Gasteiger partial charge in [-0.2, -0.15) is 0 Å². The van der Waals surface area contributed by atoms with Crippen LogP contribution < -0.4 is 4.74 Å². The van der Waals surface area contributed by atoms with Crippen LogP contribution in [0.5, 0.6) is 5.75 Å². The number of hydrogen-bond acceptors (Lipinski definition) is 4. The maximum absolute atomic E-state index is 12.0. The first-order valence-corrected chi connectivity index (χ1v) is 13.1. The monoisotopic (exact) mass is 485 g/mol. The van der Waals surface area contributed by atoms with Crippen molar-refractivity contribution >= 4 is 26.7 Å². The van der Waals surface area contributed by atoms with Gasteiger partial charge in [-0.25, -0.2) is 13.2 Å². The molecule has 1 fully saturated rings. The van der Waals surface area contributed by atoms with Gasteiger partial charge in [0, 0.05) is 28.4 Å². The zero-order valence-electron chi connectivity index (χ0n) is 18.8. The summed E-state index contributed by atoms with van der Waals surface area (Å²) in [6, 6.07) is 20.2. The highest BCUT2D eigenvalue weighted by Gasteiger charge is 2.24. The molecule has 35 heavy (non-hydrogen) atoms. The summed E-state index contributed by atoms with van der Waals surface area (Å²) in [5.41, 5.74) is 3.94. The second kappa shape index (κ2) is 9.32. The summed E-state index contributed by atoms with van der Waals surface area (Å²) in [7, 11) is -2.93. The third kappa shape index (κ3) is 5.08. The van der Waals surface area contributed by atoms with Gasteiger partial charge in [-0.15, -0.1) is 0 Å². The molecule has 0 spiro atoms. The van der Waals surface area contributed by atoms with Crippen LogP contribution in [0.1, 0.15) is 34.3 Å². The van der Waals surface area contributed by atoms with E-state index < -0.39 is 15.8 Å². The number of nitrogens with one attached hydrogen (secondary N) is 1. The lowest BCUT2D eigenvalue weighted by molar-refractivity contribution is 0.0697. The average Bonchev–Trinajstić information content (AvgIpc) is 3.32. The van der Waals surface area contributed by atoms with E-state index >= 15 is 0 Å². The molecule has 5 rings (SSSR count). The number of aromatic carboxylic acids is 1. The Hall–Kier alpha value is -4.02. The summed E-state index contributed by atoms with van der Waals surface area (Å²) >= 11 is 0. The van der Waals surface area contributed by atoms with Crippen LogP contribution in [0, 0.1) is 11.8 Å². The summed E-state index contributed by atoms with van der Waals surface area (Å²) in [6.45, 7) is 0. The molecule has 1 aromatic heterocycles. The molecule has 2 N–H and O–H groups in total. The van der Waals surface area contributed by atoms with Crippen molar-refractivity contribution in [1.29, 1.82) is 0 Å². The fourth-order valence-electron chi connectivity index (χ4n) is 4.29. The molecule has 1 saturated heterocycles. The second-order valence-electron chi connectivity index (χ2n) is 8.56. The summed E-state index contributed by atoms with van der Waals surface area (Å²) in [5.74, 6) is 6.27. The number of aromatic nitrogens is 1. The molecule has 1 aliphatic heterocycles. The van der Waals surface area contributed by atoms with E-state index in [1.165, 1.54) is 0 Å². The Kier molecular flexibility index (Phi) is 6.06. The van der Waals surface area contributed by atoms with Crippen molar-refractivity contribution in [2.24, 2.45) is 0 Å². The molecule has 0 radical (unpaired) electrons. The lowest BCUT2D eigenvalue weighted by Gasteiger charge is -2.23. The first-order valence-electron chi connectivity index (χ1n) is 11.3. The van der Waals surface area contributed by atoms with Crippen LogP contribution in [0.3, 0.4) is 0 Å². The Morgan fingerprint density at radius 2 is 1.74 bits per heavy atom. The van der Waals surface area contributed by atoms with Gasteiger partial charge in [-0.05, 0) is 78.4 Å². The Balaban J connectivity index is 1.41. The quantitative estimate of drug-likeness (QED) is 0.401. The number of benzene rings is 3. The number of H-pyrrole nitrogens is 1. The molecule has 0 atom stereocenters. The SMILES string of the molecule is O=C(O)c1cccc(C#Cc2ccc(OC3CCS(=O)(=O)CC3)cc2)c1-c1ccc2[nH]ccc2c1. The maximum Gasteiger partial charge on any atom is 0.336 e. The summed E-state index contributed by atoms with van der Waals surface area (Å²) in [5, 5.41) is 10.8. The minimum absolute atomic E-state index is 0.103. The minimum atomic E-state index is -2.93. The smallest absolute Gasteiger partial charge is 0.336 e. The van der Waals surface area contributed by atoms with Crippen molar-refractivity contribution in [2.75, 3.05) is 11.5 Å². The number of carboxylic acids is 1. The standard InChI is InChI=1S/C28H23NO5S/c30-28(31)25-3-1-2-20(27(25)22-8-11-26-21(18-22)12-15-29-26)7-4-19-5-9-23(10-6-19)34-24-13-16-35(32,33)17-14-24/h1-3,5-6,8-12,15,18,24,29H,13-14,16-17H2,(H,30,31). The molecule has 7 heteroatoms. The Bertz CT molecular complexity index is 1560. The predicted octanol–water partition coefficient (Wildman–Crippen LogP) is 4.89. The van der Waals surface area contributed by atoms with E-state index in [0.717, 1.165) is 22.0 Å². The first-order chi connectivity index (χ1) is 16.9. The van der Waals surface area contributed by atoms with Crippen molar-refractivity contribution in [3.05, 3.63) is 89.6 Å². The molecule has 2 heterocycles. The number of carbonyl (C=O) groups is 1. The highest BCUT2D eigenvalue weighted by atomic mass is 32.2. The van der Waals surface area contributed by atoms with E-state index in [-0.39, 0.29) is 23.2 Å². The largest absolute Gasteiger partial charge is 0.490 e. The van der Waals surface area contributed by atoms with Gasteiger partial charge >= 0.3 is 5.97 Å². The van der Waals surface area contributed by atoms with E-state index in [1.807, 2.05) is 60.8 Å². The predicted molar refractivity (Wildman–Crippen MR) is 135 cm³/mol. The Morgan fingerprint density at radius 3 is 2.49 bits per heavy atom. The van der Waals surface area contributed by atoms with Crippen LogP contribution in [-0.4, -0.2) is 42.1 Å². The molecular formula is C28H23NO5S. The molecule has 0 amide bonds. The molecule has 0 unspecified atom stereocenters. The van der Waals surface area contributed by atoms with Gasteiger partial charge in [0.15, 0.2) is 9.84 Å². The summed E-state index contributed by atoms with van der Waals surface area (Å²) < 4.78 is 29.1. The number of carboxylic acid groups (broad SMARTS) is 1. The number of aromatic amines is 1. The number of sulfone groups is 1. The van der Waals surface area contributed by atoms with Crippen LogP contribution in [0.4, 0.5) is 0 Å². The van der Waals surface area contributed by atoms with Crippen LogP contribution in [0.2, 0.25) is 0 Å². The molecule has 1 aliphatic rings. The van der Waals surface area contributed by atoms with Crippen molar-refractivity contribution in [2.45, 2.75) is 18.9 Å². The van der Waals surface area contributed by atoms with Crippen LogP contribution in [0.15, 0.2) is 72.9 Å². The van der Waals surface area contributed by atoms with Gasteiger partial charge in [-0.3, -0.25) is 0 Å². The third-order valence-electron chi connectivity index (χ3n) is 6.14. The number of rotatable bonds is 4. The summed E-state index contributed by atoms with van der Waals surface area (Å²) in [4.78, 5) is 15.1. The fraction of sp³-hybridized carbons (Fsp3) is 0.179. The third-order valence-corrected chi connectivity index (χ3v) is 7.85. The number of fused-ring (bicyclic) bond motifs is 1. The van der Waals surface area contributed by atoms with Crippen LogP contribution in [0.25, 0.3) is 22.0 Å². The fourth-order valence-corrected chi connectivity index (χ4v) is 5.74. The minimum Gasteiger partial charge on any atom is -0.490 e. The van der Waals surface area contributed by atoms with Gasteiger partial charge < -0.3 is 14.8 Å². The van der Waals surface area contributed by atoms with E-state index in [0.29, 0.717) is 29.7 Å². The number of ether oxygens (including phenoxy) is 1. The molecule has 0 bridgehead atoms. The van der Waals surface area contributed by atoms with Crippen molar-refractivity contribution < 1.29 is 23.1 Å². The van der Waals surface area contributed by atoms with Crippen molar-refractivity contribution in [3.63, 3.8) is 0 Å². The molecule has 3 aromatic carbocycles. The Labute approximate surface area is 203 Å². The average molecular weight is 486 g/mol. The molecular weight excluding hydrogens is 462 g/mol. The van der Waals surface area contributed by atoms with E-state index in [1.54, 1.807) is 12.1 Å². The molecule has 0 saturated carbocycles. The summed E-state index contributed by atoms with van der Waals surface area (Å²) in [6.07, 6.45) is 2.75. The van der Waals surface area contributed by atoms with Crippen LogP contribution >= 0.6 is 0 Å². The maximum atomic E-state index is 12.0. The highest BCUT2D eigenvalue weighted by molar-refractivity contribution is 7.91. The van der Waals surface area contributed by atoms with Crippen molar-refractivity contribution in [1.82, 2.24) is 4.98 Å². The van der Waals surface area contributed by atoms with E-state index in [9.17, 15) is 18.3 Å².